The van der Waals surface area contributed by atoms with Gasteiger partial charge in [0.1, 0.15) is 11.8 Å². The van der Waals surface area contributed by atoms with Crippen molar-refractivity contribution in [1.82, 2.24) is 5.32 Å². The first-order chi connectivity index (χ1) is 13.6. The lowest BCUT2D eigenvalue weighted by molar-refractivity contribution is -0.124. The molecule has 1 atom stereocenters. The highest BCUT2D eigenvalue weighted by molar-refractivity contribution is 6.31. The molecule has 0 aliphatic carbocycles. The number of carbonyl (C=O) groups is 2. The molecule has 0 aliphatic heterocycles. The molecule has 6 nitrogen and oxygen atoms in total. The highest BCUT2D eigenvalue weighted by atomic mass is 35.5. The molecule has 0 saturated carbocycles. The van der Waals surface area contributed by atoms with E-state index in [0.29, 0.717) is 22.5 Å². The fourth-order valence-electron chi connectivity index (χ4n) is 2.38. The van der Waals surface area contributed by atoms with Gasteiger partial charge in [-0.2, -0.15) is 0 Å². The highest BCUT2D eigenvalue weighted by Crippen LogP contribution is 2.31. The van der Waals surface area contributed by atoms with Crippen LogP contribution in [0.25, 0.3) is 0 Å². The smallest absolute Gasteiger partial charge is 0.243 e. The largest absolute Gasteiger partial charge is 0.495 e. The Morgan fingerprint density at radius 1 is 1.14 bits per heavy atom. The summed E-state index contributed by atoms with van der Waals surface area (Å²) < 4.78 is 44.9. The normalized spacial score (nSPS) is 11.6. The van der Waals surface area contributed by atoms with Crippen molar-refractivity contribution in [3.63, 3.8) is 0 Å². The van der Waals surface area contributed by atoms with E-state index in [9.17, 15) is 22.8 Å². The Kier molecular flexibility index (Phi) is 7.33. The SMILES string of the molecule is COc1cc(Cl)c(C)cc1NC(C)C(=O)NCC(=O)Nc1ccc(F)c(F)c1F. The van der Waals surface area contributed by atoms with Crippen molar-refractivity contribution in [2.45, 2.75) is 19.9 Å². The van der Waals surface area contributed by atoms with Crippen molar-refractivity contribution < 1.29 is 27.5 Å². The number of nitrogens with one attached hydrogen (secondary N) is 3. The molecule has 0 radical (unpaired) electrons. The third-order valence-electron chi connectivity index (χ3n) is 3.98. The Balaban J connectivity index is 1.94. The summed E-state index contributed by atoms with van der Waals surface area (Å²) in [4.78, 5) is 24.1. The van der Waals surface area contributed by atoms with Crippen LogP contribution in [0.5, 0.6) is 5.75 Å². The second-order valence-corrected chi connectivity index (χ2v) is 6.56. The number of anilines is 2. The molecule has 0 spiro atoms. The van der Waals surface area contributed by atoms with Gasteiger partial charge in [0, 0.05) is 11.1 Å². The molecule has 2 amide bonds. The standard InChI is InChI=1S/C19H19ClF3N3O3/c1-9-6-14(15(29-3)7-11(9)20)25-10(2)19(28)24-8-16(27)26-13-5-4-12(21)17(22)18(13)23/h4-7,10,25H,8H2,1-3H3,(H,24,28)(H,26,27). The minimum Gasteiger partial charge on any atom is -0.495 e. The zero-order valence-electron chi connectivity index (χ0n) is 15.8. The number of methoxy groups -OCH3 is 1. The summed E-state index contributed by atoms with van der Waals surface area (Å²) in [5.41, 5.74) is 0.775. The van der Waals surface area contributed by atoms with Gasteiger partial charge in [-0.05, 0) is 37.6 Å². The summed E-state index contributed by atoms with van der Waals surface area (Å²) in [5.74, 6) is -5.49. The van der Waals surface area contributed by atoms with Crippen molar-refractivity contribution in [3.8, 4) is 5.75 Å². The third-order valence-corrected chi connectivity index (χ3v) is 4.39. The maximum absolute atomic E-state index is 13.6. The number of hydrogen-bond donors (Lipinski definition) is 3. The average Bonchev–Trinajstić information content (AvgIpc) is 2.69. The molecule has 2 aromatic carbocycles. The van der Waals surface area contributed by atoms with E-state index in [0.717, 1.165) is 11.6 Å². The van der Waals surface area contributed by atoms with Crippen LogP contribution in [-0.4, -0.2) is 31.5 Å². The van der Waals surface area contributed by atoms with Crippen LogP contribution in [0.1, 0.15) is 12.5 Å². The van der Waals surface area contributed by atoms with E-state index in [1.807, 2.05) is 0 Å². The second-order valence-electron chi connectivity index (χ2n) is 6.16. The van der Waals surface area contributed by atoms with Crippen LogP contribution in [0.2, 0.25) is 5.02 Å². The van der Waals surface area contributed by atoms with Crippen molar-refractivity contribution >= 4 is 34.8 Å². The number of rotatable bonds is 7. The summed E-state index contributed by atoms with van der Waals surface area (Å²) in [6.07, 6.45) is 0. The Bertz CT molecular complexity index is 941. The van der Waals surface area contributed by atoms with Gasteiger partial charge in [-0.1, -0.05) is 11.6 Å². The monoisotopic (exact) mass is 429 g/mol. The predicted molar refractivity (Wildman–Crippen MR) is 104 cm³/mol. The molecule has 0 heterocycles. The number of amides is 2. The van der Waals surface area contributed by atoms with Crippen molar-refractivity contribution in [2.24, 2.45) is 0 Å². The van der Waals surface area contributed by atoms with Gasteiger partial charge in [0.25, 0.3) is 0 Å². The molecule has 29 heavy (non-hydrogen) atoms. The van der Waals surface area contributed by atoms with Crippen molar-refractivity contribution in [1.29, 1.82) is 0 Å². The van der Waals surface area contributed by atoms with Crippen LogP contribution in [0.4, 0.5) is 24.5 Å². The molecule has 1 unspecified atom stereocenters. The maximum Gasteiger partial charge on any atom is 0.243 e. The van der Waals surface area contributed by atoms with Gasteiger partial charge in [-0.15, -0.1) is 0 Å². The predicted octanol–water partition coefficient (Wildman–Crippen LogP) is 3.63. The zero-order valence-corrected chi connectivity index (χ0v) is 16.6. The summed E-state index contributed by atoms with van der Waals surface area (Å²) >= 11 is 6.04. The first kappa shape index (κ1) is 22.4. The molecule has 0 saturated heterocycles. The molecule has 2 rings (SSSR count). The summed E-state index contributed by atoms with van der Waals surface area (Å²) in [5, 5.41) is 7.88. The van der Waals surface area contributed by atoms with Crippen LogP contribution in [0.15, 0.2) is 24.3 Å². The first-order valence-electron chi connectivity index (χ1n) is 8.45. The number of carbonyl (C=O) groups excluding carboxylic acids is 2. The molecule has 2 aromatic rings. The van der Waals surface area contributed by atoms with Gasteiger partial charge in [0.05, 0.1) is 25.0 Å². The molecule has 0 aromatic heterocycles. The molecule has 0 fully saturated rings. The van der Waals surface area contributed by atoms with E-state index in [2.05, 4.69) is 16.0 Å². The topological polar surface area (TPSA) is 79.5 Å². The van der Waals surface area contributed by atoms with Crippen LogP contribution in [0, 0.1) is 24.4 Å². The van der Waals surface area contributed by atoms with Gasteiger partial charge >= 0.3 is 0 Å². The number of halogens is 4. The average molecular weight is 430 g/mol. The third kappa shape index (κ3) is 5.54. The molecular weight excluding hydrogens is 411 g/mol. The zero-order chi connectivity index (χ0) is 21.7. The number of aryl methyl sites for hydroxylation is 1. The Morgan fingerprint density at radius 2 is 1.83 bits per heavy atom. The van der Waals surface area contributed by atoms with E-state index >= 15 is 0 Å². The van der Waals surface area contributed by atoms with Crippen LogP contribution >= 0.6 is 11.6 Å². The number of ether oxygens (including phenoxy) is 1. The summed E-state index contributed by atoms with van der Waals surface area (Å²) in [6, 6.07) is 4.13. The summed E-state index contributed by atoms with van der Waals surface area (Å²) in [6.45, 7) is 2.85. The van der Waals surface area contributed by atoms with Gasteiger partial charge < -0.3 is 20.7 Å². The lowest BCUT2D eigenvalue weighted by Gasteiger charge is -2.18. The van der Waals surface area contributed by atoms with Gasteiger partial charge in [-0.25, -0.2) is 13.2 Å². The summed E-state index contributed by atoms with van der Waals surface area (Å²) in [7, 11) is 1.46. The Labute approximate surface area is 170 Å². The Hall–Kier alpha value is -2.94. The van der Waals surface area contributed by atoms with Crippen LogP contribution in [0.3, 0.4) is 0 Å². The lowest BCUT2D eigenvalue weighted by Crippen LogP contribution is -2.41. The van der Waals surface area contributed by atoms with E-state index < -0.39 is 47.5 Å². The van der Waals surface area contributed by atoms with E-state index in [4.69, 9.17) is 16.3 Å². The maximum atomic E-state index is 13.6. The second kappa shape index (κ2) is 9.51. The fourth-order valence-corrected chi connectivity index (χ4v) is 2.53. The number of benzene rings is 2. The minimum atomic E-state index is -1.70. The van der Waals surface area contributed by atoms with Gasteiger partial charge in [0.15, 0.2) is 17.5 Å². The first-order valence-corrected chi connectivity index (χ1v) is 8.83. The number of hydrogen-bond acceptors (Lipinski definition) is 4. The van der Waals surface area contributed by atoms with Gasteiger partial charge in [-0.3, -0.25) is 9.59 Å². The van der Waals surface area contributed by atoms with E-state index in [1.165, 1.54) is 7.11 Å². The van der Waals surface area contributed by atoms with Crippen LogP contribution < -0.4 is 20.7 Å². The quantitative estimate of drug-likeness (QED) is 0.587. The highest BCUT2D eigenvalue weighted by Gasteiger charge is 2.18. The molecule has 0 bridgehead atoms. The molecular formula is C19H19ClF3N3O3. The molecule has 156 valence electrons. The molecule has 0 aliphatic rings. The molecule has 10 heteroatoms. The Morgan fingerprint density at radius 3 is 2.48 bits per heavy atom. The van der Waals surface area contributed by atoms with Gasteiger partial charge in [0.2, 0.25) is 11.8 Å². The van der Waals surface area contributed by atoms with Crippen LogP contribution in [-0.2, 0) is 9.59 Å². The molecule has 3 N–H and O–H groups in total. The van der Waals surface area contributed by atoms with Crippen molar-refractivity contribution in [2.75, 3.05) is 24.3 Å². The minimum absolute atomic E-state index is 0.437. The van der Waals surface area contributed by atoms with E-state index in [-0.39, 0.29) is 0 Å². The lowest BCUT2D eigenvalue weighted by atomic mass is 10.2. The van der Waals surface area contributed by atoms with E-state index in [1.54, 1.807) is 26.0 Å². The fraction of sp³-hybridized carbons (Fsp3) is 0.263. The van der Waals surface area contributed by atoms with Crippen molar-refractivity contribution in [3.05, 3.63) is 52.3 Å².